The van der Waals surface area contributed by atoms with Crippen molar-refractivity contribution in [3.8, 4) is 11.1 Å². The van der Waals surface area contributed by atoms with Crippen molar-refractivity contribution >= 4 is 42.8 Å². The summed E-state index contributed by atoms with van der Waals surface area (Å²) in [6.45, 7) is 10.6. The average Bonchev–Trinajstić information content (AvgIpc) is 3.64. The van der Waals surface area contributed by atoms with Gasteiger partial charge in [0.25, 0.3) is 0 Å². The van der Waals surface area contributed by atoms with E-state index in [9.17, 15) is 0 Å². The van der Waals surface area contributed by atoms with Crippen molar-refractivity contribution in [3.63, 3.8) is 0 Å². The molecule has 4 aromatic carbocycles. The van der Waals surface area contributed by atoms with E-state index in [1.165, 1.54) is 64.8 Å². The highest BCUT2D eigenvalue weighted by Crippen LogP contribution is 2.55. The first-order chi connectivity index (χ1) is 24.3. The van der Waals surface area contributed by atoms with E-state index in [4.69, 9.17) is 0 Å². The molecule has 1 aromatic heterocycles. The fraction of sp³-hybridized carbons (Fsp3) is 0.250. The Labute approximate surface area is 301 Å². The summed E-state index contributed by atoms with van der Waals surface area (Å²) in [5.74, 6) is 1.35. The lowest BCUT2D eigenvalue weighted by molar-refractivity contribution is 0.430. The fourth-order valence-electron chi connectivity index (χ4n) is 8.99. The largest absolute Gasteiger partial charge is 0.361 e. The van der Waals surface area contributed by atoms with Gasteiger partial charge in [-0.05, 0) is 65.1 Å². The van der Waals surface area contributed by atoms with Gasteiger partial charge in [0, 0.05) is 44.8 Å². The molecule has 0 spiro atoms. The Balaban J connectivity index is 1.16. The molecule has 4 aliphatic carbocycles. The zero-order valence-corrected chi connectivity index (χ0v) is 30.4. The second-order valence-electron chi connectivity index (χ2n) is 15.5. The molecule has 9 rings (SSSR count). The van der Waals surface area contributed by atoms with Crippen LogP contribution in [0.25, 0.3) is 36.9 Å². The maximum atomic E-state index is 2.76. The molecule has 0 bridgehead atoms. The topological polar surface area (TPSA) is 3.24 Å². The van der Waals surface area contributed by atoms with Gasteiger partial charge < -0.3 is 4.90 Å². The van der Waals surface area contributed by atoms with Crippen molar-refractivity contribution in [2.75, 3.05) is 11.4 Å². The molecule has 1 nitrogen and oxygen atoms in total. The van der Waals surface area contributed by atoms with Crippen LogP contribution in [0.4, 0.5) is 5.69 Å². The first-order valence-electron chi connectivity index (χ1n) is 18.4. The first kappa shape index (κ1) is 31.3. The molecular weight excluding hydrogens is 623 g/mol. The van der Waals surface area contributed by atoms with E-state index in [0.717, 1.165) is 19.4 Å². The summed E-state index contributed by atoms with van der Waals surface area (Å²) < 4.78 is 2.82. The summed E-state index contributed by atoms with van der Waals surface area (Å²) in [6, 6.07) is 31.7. The minimum absolute atomic E-state index is 0.00610. The molecule has 0 saturated heterocycles. The number of thiophene rings is 1. The van der Waals surface area contributed by atoms with Gasteiger partial charge in [-0.2, -0.15) is 0 Å². The van der Waals surface area contributed by atoms with Gasteiger partial charge in [-0.15, -0.1) is 11.3 Å². The third-order valence-corrected chi connectivity index (χ3v) is 13.3. The van der Waals surface area contributed by atoms with Crippen molar-refractivity contribution in [1.29, 1.82) is 0 Å². The van der Waals surface area contributed by atoms with Crippen LogP contribution in [-0.2, 0) is 5.41 Å². The molecule has 0 N–H and O–H groups in total. The van der Waals surface area contributed by atoms with E-state index < -0.39 is 0 Å². The molecule has 4 aliphatic rings. The monoisotopic (exact) mass is 667 g/mol. The van der Waals surface area contributed by atoms with Gasteiger partial charge in [0.05, 0.1) is 15.9 Å². The summed E-state index contributed by atoms with van der Waals surface area (Å²) >= 11 is 2.00. The Bertz CT molecular complexity index is 2320. The van der Waals surface area contributed by atoms with Crippen molar-refractivity contribution in [1.82, 2.24) is 0 Å². The second kappa shape index (κ2) is 12.0. The number of nitrogens with zero attached hydrogens (tertiary/aromatic N) is 1. The summed E-state index contributed by atoms with van der Waals surface area (Å²) in [5, 5.41) is 2.75. The van der Waals surface area contributed by atoms with Gasteiger partial charge in [-0.25, -0.2) is 0 Å². The SMILES string of the molecule is CC1C=C(C2C=CC=CC2)C=CC1CN(c1cccc2c1sc1c3c(ccc12)C(C)(C)c1ccccc1-3)[C@]1(C)C=CC(c2ccccc2)=CC1. The second-order valence-corrected chi connectivity index (χ2v) is 16.5. The standard InChI is InChI=1S/C48H45NS/c1-32-30-36(34-16-9-6-10-17-34)22-23-37(32)31-49(48(4)28-26-35(27-29-48)33-14-7-5-8-15-33)43-21-13-19-38-39-24-25-42-44(46(39)50-45(38)43)40-18-11-12-20-41(40)47(42,2)3/h5-16,18-28,30,32,34,37H,17,29,31H2,1-4H3/t32?,34?,37?,48-/m1/s1. The van der Waals surface area contributed by atoms with E-state index in [1.54, 1.807) is 0 Å². The van der Waals surface area contributed by atoms with Crippen LogP contribution >= 0.6 is 11.3 Å². The van der Waals surface area contributed by atoms with Gasteiger partial charge in [-0.1, -0.05) is 160 Å². The van der Waals surface area contributed by atoms with Crippen LogP contribution < -0.4 is 4.90 Å². The normalized spacial score (nSPS) is 24.7. The molecule has 0 amide bonds. The molecule has 4 atom stereocenters. The fourth-order valence-corrected chi connectivity index (χ4v) is 10.4. The Kier molecular flexibility index (Phi) is 7.51. The van der Waals surface area contributed by atoms with Gasteiger partial charge in [0.15, 0.2) is 0 Å². The molecule has 1 heterocycles. The molecule has 0 aliphatic heterocycles. The zero-order chi connectivity index (χ0) is 34.0. The minimum Gasteiger partial charge on any atom is -0.361 e. The maximum absolute atomic E-state index is 2.76. The average molecular weight is 668 g/mol. The molecular formula is C48H45NS. The van der Waals surface area contributed by atoms with E-state index in [2.05, 4.69) is 178 Å². The summed E-state index contributed by atoms with van der Waals surface area (Å²) in [6.07, 6.45) is 25.9. The van der Waals surface area contributed by atoms with Crippen molar-refractivity contribution in [3.05, 3.63) is 168 Å². The molecule has 3 unspecified atom stereocenters. The number of anilines is 1. The molecule has 248 valence electrons. The third-order valence-electron chi connectivity index (χ3n) is 12.0. The first-order valence-corrected chi connectivity index (χ1v) is 19.2. The molecule has 0 radical (unpaired) electrons. The van der Waals surface area contributed by atoms with E-state index in [-0.39, 0.29) is 11.0 Å². The summed E-state index contributed by atoms with van der Waals surface area (Å²) in [5.41, 5.74) is 11.0. The number of hydrogen-bond acceptors (Lipinski definition) is 2. The minimum atomic E-state index is -0.173. The van der Waals surface area contributed by atoms with Gasteiger partial charge in [0.2, 0.25) is 0 Å². The van der Waals surface area contributed by atoms with E-state index >= 15 is 0 Å². The number of fused-ring (bicyclic) bond motifs is 7. The Morgan fingerprint density at radius 1 is 0.780 bits per heavy atom. The smallest absolute Gasteiger partial charge is 0.0595 e. The van der Waals surface area contributed by atoms with Crippen molar-refractivity contribution in [2.24, 2.45) is 17.8 Å². The highest BCUT2D eigenvalue weighted by atomic mass is 32.1. The van der Waals surface area contributed by atoms with Crippen molar-refractivity contribution in [2.45, 2.75) is 51.5 Å². The van der Waals surface area contributed by atoms with Gasteiger partial charge in [-0.3, -0.25) is 0 Å². The molecule has 0 fully saturated rings. The Morgan fingerprint density at radius 2 is 1.60 bits per heavy atom. The lowest BCUT2D eigenvalue weighted by atomic mass is 9.79. The quantitative estimate of drug-likeness (QED) is 0.174. The van der Waals surface area contributed by atoms with Crippen molar-refractivity contribution < 1.29 is 0 Å². The van der Waals surface area contributed by atoms with E-state index in [1.807, 2.05) is 11.3 Å². The van der Waals surface area contributed by atoms with Crippen LogP contribution in [0.15, 0.2) is 151 Å². The van der Waals surface area contributed by atoms with Crippen LogP contribution in [0.2, 0.25) is 0 Å². The highest BCUT2D eigenvalue weighted by molar-refractivity contribution is 7.27. The van der Waals surface area contributed by atoms with Crippen LogP contribution in [0.3, 0.4) is 0 Å². The lowest BCUT2D eigenvalue weighted by Gasteiger charge is -2.45. The van der Waals surface area contributed by atoms with Crippen LogP contribution in [0.1, 0.15) is 57.2 Å². The summed E-state index contributed by atoms with van der Waals surface area (Å²) in [7, 11) is 0. The molecule has 5 aromatic rings. The maximum Gasteiger partial charge on any atom is 0.0595 e. The molecule has 50 heavy (non-hydrogen) atoms. The lowest BCUT2D eigenvalue weighted by Crippen LogP contribution is -2.48. The Morgan fingerprint density at radius 3 is 2.38 bits per heavy atom. The number of allylic oxidation sites excluding steroid dienone is 9. The number of rotatable bonds is 6. The van der Waals surface area contributed by atoms with Crippen LogP contribution in [0.5, 0.6) is 0 Å². The van der Waals surface area contributed by atoms with Gasteiger partial charge >= 0.3 is 0 Å². The highest BCUT2D eigenvalue weighted by Gasteiger charge is 2.38. The van der Waals surface area contributed by atoms with Crippen LogP contribution in [0, 0.1) is 17.8 Å². The third kappa shape index (κ3) is 5.03. The summed E-state index contributed by atoms with van der Waals surface area (Å²) in [4.78, 5) is 2.76. The van der Waals surface area contributed by atoms with Crippen LogP contribution in [-0.4, -0.2) is 12.1 Å². The predicted octanol–water partition coefficient (Wildman–Crippen LogP) is 12.9. The number of hydrogen-bond donors (Lipinski definition) is 0. The molecule has 2 heteroatoms. The predicted molar refractivity (Wildman–Crippen MR) is 217 cm³/mol. The molecule has 0 saturated carbocycles. The van der Waals surface area contributed by atoms with Gasteiger partial charge in [0.1, 0.15) is 0 Å². The zero-order valence-electron chi connectivity index (χ0n) is 29.6. The van der Waals surface area contributed by atoms with E-state index in [0.29, 0.717) is 17.8 Å². The number of benzene rings is 4. The Hall–Kier alpha value is -4.66.